The number of benzene rings is 2. The largest absolute Gasteiger partial charge is 0.492 e. The average molecular weight is 316 g/mol. The van der Waals surface area contributed by atoms with Crippen LogP contribution in [0.5, 0.6) is 5.75 Å². The molecule has 0 radical (unpaired) electrons. The van der Waals surface area contributed by atoms with Gasteiger partial charge in [0.05, 0.1) is 10.5 Å². The van der Waals surface area contributed by atoms with Gasteiger partial charge in [0.1, 0.15) is 18.4 Å². The molecular weight excluding hydrogens is 300 g/mol. The number of rotatable bonds is 6. The highest BCUT2D eigenvalue weighted by Gasteiger charge is 2.17. The zero-order chi connectivity index (χ0) is 16.0. The van der Waals surface area contributed by atoms with Gasteiger partial charge in [-0.1, -0.05) is 29.8 Å². The second-order valence-corrected chi connectivity index (χ2v) is 6.40. The first-order valence-corrected chi connectivity index (χ1v) is 8.19. The summed E-state index contributed by atoms with van der Waals surface area (Å²) in [6.07, 6.45) is 0. The number of sulfonamides is 1. The van der Waals surface area contributed by atoms with Gasteiger partial charge in [-0.05, 0) is 31.2 Å². The number of nitrogens with one attached hydrogen (secondary N) is 1. The summed E-state index contributed by atoms with van der Waals surface area (Å²) in [5, 5.41) is 8.96. The van der Waals surface area contributed by atoms with Crippen LogP contribution >= 0.6 is 0 Å². The van der Waals surface area contributed by atoms with Gasteiger partial charge in [-0.15, -0.1) is 0 Å². The highest BCUT2D eigenvalue weighted by atomic mass is 32.2. The van der Waals surface area contributed by atoms with Crippen LogP contribution in [0.2, 0.25) is 0 Å². The molecule has 0 aliphatic rings. The Kier molecular flexibility index (Phi) is 5.15. The summed E-state index contributed by atoms with van der Waals surface area (Å²) in [5.74, 6) is 0.683. The molecule has 0 spiro atoms. The van der Waals surface area contributed by atoms with Gasteiger partial charge in [0.25, 0.3) is 0 Å². The summed E-state index contributed by atoms with van der Waals surface area (Å²) in [5.41, 5.74) is 1.25. The molecule has 0 atom stereocenters. The van der Waals surface area contributed by atoms with Crippen molar-refractivity contribution in [3.05, 3.63) is 59.7 Å². The molecule has 0 amide bonds. The minimum atomic E-state index is -3.72. The molecule has 22 heavy (non-hydrogen) atoms. The topological polar surface area (TPSA) is 79.2 Å². The van der Waals surface area contributed by atoms with Crippen LogP contribution in [0.1, 0.15) is 11.1 Å². The van der Waals surface area contributed by atoms with E-state index in [0.29, 0.717) is 5.75 Å². The van der Waals surface area contributed by atoms with Crippen LogP contribution in [-0.4, -0.2) is 21.6 Å². The van der Waals surface area contributed by atoms with Gasteiger partial charge in [-0.25, -0.2) is 13.1 Å². The first kappa shape index (κ1) is 16.0. The van der Waals surface area contributed by atoms with Crippen molar-refractivity contribution in [2.45, 2.75) is 11.8 Å². The molecule has 2 aromatic carbocycles. The molecule has 0 fully saturated rings. The Morgan fingerprint density at radius 2 is 1.82 bits per heavy atom. The Labute approximate surface area is 130 Å². The maximum atomic E-state index is 12.2. The smallest absolute Gasteiger partial charge is 0.242 e. The zero-order valence-electron chi connectivity index (χ0n) is 12.1. The lowest BCUT2D eigenvalue weighted by atomic mass is 10.2. The van der Waals surface area contributed by atoms with Crippen molar-refractivity contribution in [1.82, 2.24) is 4.72 Å². The molecule has 114 valence electrons. The fourth-order valence-corrected chi connectivity index (χ4v) is 3.02. The Balaban J connectivity index is 1.93. The Hall–Kier alpha value is -2.36. The molecule has 2 aromatic rings. The fourth-order valence-electron chi connectivity index (χ4n) is 1.85. The Bertz CT molecular complexity index is 778. The van der Waals surface area contributed by atoms with Crippen LogP contribution in [0, 0.1) is 18.3 Å². The normalized spacial score (nSPS) is 10.9. The summed E-state index contributed by atoms with van der Waals surface area (Å²) in [6, 6.07) is 15.4. The van der Waals surface area contributed by atoms with Gasteiger partial charge in [-0.3, -0.25) is 0 Å². The maximum absolute atomic E-state index is 12.2. The Morgan fingerprint density at radius 1 is 1.14 bits per heavy atom. The van der Waals surface area contributed by atoms with E-state index in [0.717, 1.165) is 5.56 Å². The Morgan fingerprint density at radius 3 is 2.50 bits per heavy atom. The number of aryl methyl sites for hydroxylation is 1. The molecular formula is C16H16N2O3S. The van der Waals surface area contributed by atoms with E-state index in [4.69, 9.17) is 10.00 Å². The van der Waals surface area contributed by atoms with E-state index in [1.807, 2.05) is 37.3 Å². The molecule has 0 aromatic heterocycles. The lowest BCUT2D eigenvalue weighted by Gasteiger charge is -2.09. The van der Waals surface area contributed by atoms with Crippen LogP contribution in [-0.2, 0) is 10.0 Å². The van der Waals surface area contributed by atoms with Crippen LogP contribution < -0.4 is 9.46 Å². The maximum Gasteiger partial charge on any atom is 0.242 e. The van der Waals surface area contributed by atoms with Gasteiger partial charge in [0.2, 0.25) is 10.0 Å². The van der Waals surface area contributed by atoms with Crippen molar-refractivity contribution < 1.29 is 13.2 Å². The van der Waals surface area contributed by atoms with E-state index >= 15 is 0 Å². The molecule has 5 nitrogen and oxygen atoms in total. The number of nitriles is 1. The summed E-state index contributed by atoms with van der Waals surface area (Å²) in [4.78, 5) is -0.0205. The first-order chi connectivity index (χ1) is 10.5. The van der Waals surface area contributed by atoms with Crippen molar-refractivity contribution in [2.24, 2.45) is 0 Å². The standard InChI is InChI=1S/C16H16N2O3S/c1-13-6-8-15(9-7-13)21-11-10-18-22(19,20)16-5-3-2-4-14(16)12-17/h2-9,18H,10-11H2,1H3. The third-order valence-electron chi connectivity index (χ3n) is 2.98. The quantitative estimate of drug-likeness (QED) is 0.829. The van der Waals surface area contributed by atoms with Crippen LogP contribution in [0.15, 0.2) is 53.4 Å². The molecule has 0 aliphatic carbocycles. The van der Waals surface area contributed by atoms with E-state index in [1.54, 1.807) is 12.1 Å². The minimum absolute atomic E-state index is 0.0205. The predicted molar refractivity (Wildman–Crippen MR) is 83.0 cm³/mol. The van der Waals surface area contributed by atoms with Crippen molar-refractivity contribution in [1.29, 1.82) is 5.26 Å². The van der Waals surface area contributed by atoms with Gasteiger partial charge in [0, 0.05) is 6.54 Å². The van der Waals surface area contributed by atoms with Crippen molar-refractivity contribution >= 4 is 10.0 Å². The van der Waals surface area contributed by atoms with E-state index in [1.165, 1.54) is 12.1 Å². The van der Waals surface area contributed by atoms with E-state index in [2.05, 4.69) is 4.72 Å². The van der Waals surface area contributed by atoms with Gasteiger partial charge in [-0.2, -0.15) is 5.26 Å². The van der Waals surface area contributed by atoms with Gasteiger partial charge in [0.15, 0.2) is 0 Å². The van der Waals surface area contributed by atoms with Crippen molar-refractivity contribution in [2.75, 3.05) is 13.2 Å². The molecule has 6 heteroatoms. The average Bonchev–Trinajstić information content (AvgIpc) is 2.53. The number of hydrogen-bond acceptors (Lipinski definition) is 4. The lowest BCUT2D eigenvalue weighted by molar-refractivity contribution is 0.323. The van der Waals surface area contributed by atoms with Crippen LogP contribution in [0.3, 0.4) is 0 Å². The van der Waals surface area contributed by atoms with Gasteiger partial charge >= 0.3 is 0 Å². The van der Waals surface area contributed by atoms with Crippen LogP contribution in [0.4, 0.5) is 0 Å². The first-order valence-electron chi connectivity index (χ1n) is 6.71. The molecule has 0 aliphatic heterocycles. The summed E-state index contributed by atoms with van der Waals surface area (Å²) < 4.78 is 32.2. The van der Waals surface area contributed by atoms with Crippen molar-refractivity contribution in [3.8, 4) is 11.8 Å². The molecule has 0 saturated carbocycles. The van der Waals surface area contributed by atoms with E-state index in [9.17, 15) is 8.42 Å². The van der Waals surface area contributed by atoms with E-state index < -0.39 is 10.0 Å². The molecule has 1 N–H and O–H groups in total. The third kappa shape index (κ3) is 4.07. The fraction of sp³-hybridized carbons (Fsp3) is 0.188. The summed E-state index contributed by atoms with van der Waals surface area (Å²) in [6.45, 7) is 2.30. The predicted octanol–water partition coefficient (Wildman–Crippen LogP) is 2.22. The van der Waals surface area contributed by atoms with E-state index in [-0.39, 0.29) is 23.6 Å². The molecule has 0 saturated heterocycles. The second-order valence-electron chi connectivity index (χ2n) is 4.67. The zero-order valence-corrected chi connectivity index (χ0v) is 12.9. The minimum Gasteiger partial charge on any atom is -0.492 e. The molecule has 0 unspecified atom stereocenters. The SMILES string of the molecule is Cc1ccc(OCCNS(=O)(=O)c2ccccc2C#N)cc1. The summed E-state index contributed by atoms with van der Waals surface area (Å²) >= 11 is 0. The number of ether oxygens (including phenoxy) is 1. The molecule has 0 bridgehead atoms. The monoisotopic (exact) mass is 316 g/mol. The van der Waals surface area contributed by atoms with Crippen LogP contribution in [0.25, 0.3) is 0 Å². The lowest BCUT2D eigenvalue weighted by Crippen LogP contribution is -2.28. The summed E-state index contributed by atoms with van der Waals surface area (Å²) in [7, 11) is -3.72. The molecule has 2 rings (SSSR count). The number of nitrogens with zero attached hydrogens (tertiary/aromatic N) is 1. The highest BCUT2D eigenvalue weighted by Crippen LogP contribution is 2.14. The van der Waals surface area contributed by atoms with Gasteiger partial charge < -0.3 is 4.74 Å². The van der Waals surface area contributed by atoms with Crippen molar-refractivity contribution in [3.63, 3.8) is 0 Å². The number of hydrogen-bond donors (Lipinski definition) is 1. The highest BCUT2D eigenvalue weighted by molar-refractivity contribution is 7.89. The molecule has 0 heterocycles. The third-order valence-corrected chi connectivity index (χ3v) is 4.50. The second kappa shape index (κ2) is 7.07.